The summed E-state index contributed by atoms with van der Waals surface area (Å²) in [6, 6.07) is 9.87. The number of anilines is 2. The quantitative estimate of drug-likeness (QED) is 0.401. The molecule has 1 aliphatic heterocycles. The van der Waals surface area contributed by atoms with Crippen molar-refractivity contribution in [1.82, 2.24) is 34.8 Å². The molecule has 0 saturated carbocycles. The van der Waals surface area contributed by atoms with E-state index in [9.17, 15) is 0 Å². The largest absolute Gasteiger partial charge is 0.470 e. The first-order chi connectivity index (χ1) is 15.3. The average Bonchev–Trinajstić information content (AvgIpc) is 3.56. The van der Waals surface area contributed by atoms with Crippen molar-refractivity contribution in [2.45, 2.75) is 6.54 Å². The number of nitrogens with zero attached hydrogens (tertiary/aromatic N) is 6. The lowest BCUT2D eigenvalue weighted by atomic mass is 10.3. The van der Waals surface area contributed by atoms with E-state index in [1.807, 2.05) is 34.9 Å². The van der Waals surface area contributed by atoms with Crippen LogP contribution in [0.1, 0.15) is 5.82 Å². The predicted molar refractivity (Wildman–Crippen MR) is 117 cm³/mol. The van der Waals surface area contributed by atoms with E-state index in [1.165, 1.54) is 0 Å². The van der Waals surface area contributed by atoms with Crippen LogP contribution in [0.15, 0.2) is 53.6 Å². The van der Waals surface area contributed by atoms with Gasteiger partial charge in [0.1, 0.15) is 18.4 Å². The van der Waals surface area contributed by atoms with Crippen molar-refractivity contribution < 1.29 is 4.42 Å². The third-order valence-corrected chi connectivity index (χ3v) is 5.43. The first-order valence-electron chi connectivity index (χ1n) is 10.3. The molecule has 156 valence electrons. The molecule has 1 fully saturated rings. The van der Waals surface area contributed by atoms with Crippen molar-refractivity contribution in [2.75, 3.05) is 36.4 Å². The number of fused-ring (bicyclic) bond motifs is 2. The average molecular weight is 415 g/mol. The summed E-state index contributed by atoms with van der Waals surface area (Å²) in [6.45, 7) is 4.03. The summed E-state index contributed by atoms with van der Waals surface area (Å²) >= 11 is 0. The topological polar surface area (TPSA) is 113 Å². The van der Waals surface area contributed by atoms with Gasteiger partial charge in [-0.3, -0.25) is 4.57 Å². The Kier molecular flexibility index (Phi) is 4.27. The van der Waals surface area contributed by atoms with E-state index in [0.717, 1.165) is 54.4 Å². The van der Waals surface area contributed by atoms with E-state index in [1.54, 1.807) is 18.9 Å². The van der Waals surface area contributed by atoms with Crippen LogP contribution < -0.4 is 15.5 Å². The van der Waals surface area contributed by atoms with Gasteiger partial charge in [0, 0.05) is 32.2 Å². The Labute approximate surface area is 177 Å². The van der Waals surface area contributed by atoms with Gasteiger partial charge in [-0.05, 0) is 12.1 Å². The molecule has 0 radical (unpaired) electrons. The molecule has 6 rings (SSSR count). The minimum atomic E-state index is 0.500. The minimum Gasteiger partial charge on any atom is -0.470 e. The van der Waals surface area contributed by atoms with Crippen LogP contribution in [0.4, 0.5) is 11.8 Å². The summed E-state index contributed by atoms with van der Waals surface area (Å²) in [5, 5.41) is 6.79. The second kappa shape index (κ2) is 7.40. The van der Waals surface area contributed by atoms with Crippen molar-refractivity contribution in [3.8, 4) is 5.69 Å². The number of imidazole rings is 2. The number of benzene rings is 1. The van der Waals surface area contributed by atoms with E-state index in [-0.39, 0.29) is 0 Å². The molecule has 10 heteroatoms. The maximum atomic E-state index is 5.26. The number of H-pyrrole nitrogens is 1. The Morgan fingerprint density at radius 2 is 1.97 bits per heavy atom. The van der Waals surface area contributed by atoms with E-state index in [2.05, 4.69) is 30.5 Å². The summed E-state index contributed by atoms with van der Waals surface area (Å²) in [7, 11) is 0. The molecule has 5 aromatic rings. The van der Waals surface area contributed by atoms with Crippen molar-refractivity contribution in [3.05, 3.63) is 55.0 Å². The van der Waals surface area contributed by atoms with Crippen molar-refractivity contribution in [2.24, 2.45) is 0 Å². The Morgan fingerprint density at radius 3 is 2.81 bits per heavy atom. The van der Waals surface area contributed by atoms with E-state index >= 15 is 0 Å². The molecule has 10 nitrogen and oxygen atoms in total. The molecule has 0 unspecified atom stereocenters. The monoisotopic (exact) mass is 415 g/mol. The first kappa shape index (κ1) is 17.9. The summed E-state index contributed by atoms with van der Waals surface area (Å²) in [6.07, 6.45) is 5.06. The maximum absolute atomic E-state index is 5.26. The van der Waals surface area contributed by atoms with Gasteiger partial charge in [0.05, 0.1) is 29.5 Å². The highest BCUT2D eigenvalue weighted by atomic mass is 16.3. The molecule has 5 heterocycles. The summed E-state index contributed by atoms with van der Waals surface area (Å²) < 4.78 is 7.17. The van der Waals surface area contributed by atoms with Gasteiger partial charge in [-0.2, -0.15) is 9.97 Å². The van der Waals surface area contributed by atoms with Gasteiger partial charge in [-0.1, -0.05) is 12.1 Å². The number of piperazine rings is 1. The van der Waals surface area contributed by atoms with Gasteiger partial charge in [0.15, 0.2) is 17.0 Å². The molecule has 1 aromatic carbocycles. The smallest absolute Gasteiger partial charge is 0.229 e. The number of rotatable bonds is 5. The summed E-state index contributed by atoms with van der Waals surface area (Å²) in [5.41, 5.74) is 4.26. The summed E-state index contributed by atoms with van der Waals surface area (Å²) in [4.78, 5) is 24.4. The van der Waals surface area contributed by atoms with Crippen LogP contribution in [0.2, 0.25) is 0 Å². The Bertz CT molecular complexity index is 1300. The number of aromatic nitrogens is 6. The number of aromatic amines is 1. The molecule has 1 aliphatic rings. The first-order valence-corrected chi connectivity index (χ1v) is 10.3. The van der Waals surface area contributed by atoms with E-state index in [4.69, 9.17) is 14.4 Å². The lowest BCUT2D eigenvalue weighted by Gasteiger charge is -2.27. The van der Waals surface area contributed by atoms with Crippen LogP contribution in [0, 0.1) is 0 Å². The lowest BCUT2D eigenvalue weighted by Crippen LogP contribution is -2.44. The Hall–Kier alpha value is -3.92. The third-order valence-electron chi connectivity index (χ3n) is 5.43. The Morgan fingerprint density at radius 1 is 1.06 bits per heavy atom. The van der Waals surface area contributed by atoms with Crippen LogP contribution in [0.25, 0.3) is 27.9 Å². The van der Waals surface area contributed by atoms with E-state index in [0.29, 0.717) is 23.8 Å². The van der Waals surface area contributed by atoms with Gasteiger partial charge in [0.25, 0.3) is 0 Å². The van der Waals surface area contributed by atoms with Gasteiger partial charge >= 0.3 is 0 Å². The predicted octanol–water partition coefficient (Wildman–Crippen LogP) is 2.31. The number of nitrogens with one attached hydrogen (secondary N) is 3. The van der Waals surface area contributed by atoms with Gasteiger partial charge in [0.2, 0.25) is 5.95 Å². The molecule has 1 saturated heterocycles. The SMILES string of the molecule is c1ccc2[nH]c(CNc3nc(N4CCNCC4)nc4c3ncn4-c3ccoc3)nc2c1. The third kappa shape index (κ3) is 3.26. The normalized spacial score (nSPS) is 14.5. The highest BCUT2D eigenvalue weighted by Crippen LogP contribution is 2.26. The number of hydrogen-bond donors (Lipinski definition) is 3. The Balaban J connectivity index is 1.39. The number of hydrogen-bond acceptors (Lipinski definition) is 8. The highest BCUT2D eigenvalue weighted by Gasteiger charge is 2.20. The molecule has 0 atom stereocenters. The van der Waals surface area contributed by atoms with Gasteiger partial charge < -0.3 is 24.9 Å². The fourth-order valence-corrected chi connectivity index (χ4v) is 3.86. The molecule has 0 bridgehead atoms. The van der Waals surface area contributed by atoms with Gasteiger partial charge in [-0.15, -0.1) is 0 Å². The molecule has 31 heavy (non-hydrogen) atoms. The molecule has 0 spiro atoms. The fourth-order valence-electron chi connectivity index (χ4n) is 3.86. The number of para-hydroxylation sites is 2. The molecule has 4 aromatic heterocycles. The molecule has 3 N–H and O–H groups in total. The fraction of sp³-hybridized carbons (Fsp3) is 0.238. The molecular weight excluding hydrogens is 394 g/mol. The van der Waals surface area contributed by atoms with Crippen LogP contribution in [-0.4, -0.2) is 55.7 Å². The van der Waals surface area contributed by atoms with Crippen LogP contribution >= 0.6 is 0 Å². The van der Waals surface area contributed by atoms with Crippen molar-refractivity contribution in [3.63, 3.8) is 0 Å². The van der Waals surface area contributed by atoms with Crippen molar-refractivity contribution >= 4 is 34.0 Å². The summed E-state index contributed by atoms with van der Waals surface area (Å²) in [5.74, 6) is 2.21. The maximum Gasteiger partial charge on any atom is 0.229 e. The zero-order valence-corrected chi connectivity index (χ0v) is 16.7. The zero-order valence-electron chi connectivity index (χ0n) is 16.7. The second-order valence-corrected chi connectivity index (χ2v) is 7.43. The number of furan rings is 1. The van der Waals surface area contributed by atoms with Crippen LogP contribution in [0.5, 0.6) is 0 Å². The zero-order chi connectivity index (χ0) is 20.6. The van der Waals surface area contributed by atoms with Gasteiger partial charge in [-0.25, -0.2) is 9.97 Å². The minimum absolute atomic E-state index is 0.500. The van der Waals surface area contributed by atoms with Crippen LogP contribution in [0.3, 0.4) is 0 Å². The van der Waals surface area contributed by atoms with E-state index < -0.39 is 0 Å². The molecule has 0 amide bonds. The second-order valence-electron chi connectivity index (χ2n) is 7.43. The molecular formula is C21H21N9O. The van der Waals surface area contributed by atoms with Crippen molar-refractivity contribution in [1.29, 1.82) is 0 Å². The van der Waals surface area contributed by atoms with Crippen LogP contribution in [-0.2, 0) is 6.54 Å². The highest BCUT2D eigenvalue weighted by molar-refractivity contribution is 5.85. The standard InChI is InChI=1S/C21H21N9O/c1-2-4-16-15(3-1)25-17(26-16)11-23-19-18-20(30(13-24-18)14-5-10-31-12-14)28-21(27-19)29-8-6-22-7-9-29/h1-5,10,12-13,22H,6-9,11H2,(H,25,26)(H,23,27,28). The molecule has 0 aliphatic carbocycles. The lowest BCUT2D eigenvalue weighted by molar-refractivity contribution is 0.565.